The number of amides is 1. The number of benzene rings is 1. The fourth-order valence-corrected chi connectivity index (χ4v) is 4.03. The van der Waals surface area contributed by atoms with Gasteiger partial charge in [0.15, 0.2) is 6.23 Å². The molecule has 1 amide bonds. The van der Waals surface area contributed by atoms with Crippen LogP contribution in [0.3, 0.4) is 0 Å². The van der Waals surface area contributed by atoms with Crippen molar-refractivity contribution in [2.45, 2.75) is 43.5 Å². The van der Waals surface area contributed by atoms with Crippen LogP contribution < -0.4 is 11.0 Å². The van der Waals surface area contributed by atoms with Crippen LogP contribution in [0.25, 0.3) is 0 Å². The van der Waals surface area contributed by atoms with E-state index in [4.69, 9.17) is 14.2 Å². The summed E-state index contributed by atoms with van der Waals surface area (Å²) in [4.78, 5) is 28.8. The van der Waals surface area contributed by atoms with Crippen molar-refractivity contribution in [3.63, 3.8) is 0 Å². The van der Waals surface area contributed by atoms with E-state index in [-0.39, 0.29) is 18.3 Å². The van der Waals surface area contributed by atoms with Gasteiger partial charge in [0.25, 0.3) is 5.91 Å². The van der Waals surface area contributed by atoms with Crippen LogP contribution >= 0.6 is 0 Å². The molecule has 1 aromatic heterocycles. The number of methoxy groups -OCH3 is 1. The first-order valence-electron chi connectivity index (χ1n) is 9.46. The molecule has 4 rings (SSSR count). The summed E-state index contributed by atoms with van der Waals surface area (Å²) in [7, 11) is 1.56. The molecule has 2 aliphatic heterocycles. The van der Waals surface area contributed by atoms with Gasteiger partial charge < -0.3 is 24.6 Å². The van der Waals surface area contributed by atoms with Crippen LogP contribution in [0.5, 0.6) is 0 Å². The first-order chi connectivity index (χ1) is 14.0. The number of carbonyl (C=O) groups excluding carboxylic acids is 1. The standard InChI is InChI=1S/C20H23N3O6/c1-3-20-13(11-27-2)28-15(16(20)24)18(29-20)23-10-9-14(22-19(23)26)21-17(25)12-7-5-4-6-8-12/h4-10,13,15-16,18,24H,3,11H2,1-2H3,(H,21,22,25,26)/t13-,15+,16-,18+,20-/m0/s1. The maximum Gasteiger partial charge on any atom is 0.351 e. The Labute approximate surface area is 167 Å². The van der Waals surface area contributed by atoms with Crippen LogP contribution in [0.1, 0.15) is 29.9 Å². The van der Waals surface area contributed by atoms with Crippen LogP contribution in [0.2, 0.25) is 0 Å². The van der Waals surface area contributed by atoms with Gasteiger partial charge in [0.2, 0.25) is 0 Å². The van der Waals surface area contributed by atoms with Gasteiger partial charge >= 0.3 is 5.69 Å². The summed E-state index contributed by atoms with van der Waals surface area (Å²) in [5.74, 6) is -0.232. The number of aromatic nitrogens is 2. The van der Waals surface area contributed by atoms with Gasteiger partial charge in [-0.1, -0.05) is 25.1 Å². The number of aliphatic hydroxyl groups is 1. The number of carbonyl (C=O) groups is 1. The molecule has 5 atom stereocenters. The summed E-state index contributed by atoms with van der Waals surface area (Å²) < 4.78 is 18.5. The molecule has 2 aliphatic rings. The number of rotatable bonds is 6. The Hall–Kier alpha value is -2.59. The summed E-state index contributed by atoms with van der Waals surface area (Å²) in [6, 6.07) is 10.1. The zero-order chi connectivity index (χ0) is 20.6. The average Bonchev–Trinajstić information content (AvgIpc) is 3.16. The van der Waals surface area contributed by atoms with Gasteiger partial charge in [0, 0.05) is 18.9 Å². The lowest BCUT2D eigenvalue weighted by Crippen LogP contribution is -2.49. The molecule has 2 fully saturated rings. The zero-order valence-corrected chi connectivity index (χ0v) is 16.1. The minimum atomic E-state index is -0.940. The molecule has 2 aromatic rings. The summed E-state index contributed by atoms with van der Waals surface area (Å²) >= 11 is 0. The van der Waals surface area contributed by atoms with E-state index >= 15 is 0 Å². The van der Waals surface area contributed by atoms with E-state index in [0.29, 0.717) is 12.0 Å². The third kappa shape index (κ3) is 3.25. The molecule has 0 radical (unpaired) electrons. The van der Waals surface area contributed by atoms with Gasteiger partial charge in [-0.25, -0.2) is 4.79 Å². The van der Waals surface area contributed by atoms with Crippen molar-refractivity contribution in [1.29, 1.82) is 0 Å². The Morgan fingerprint density at radius 3 is 2.76 bits per heavy atom. The van der Waals surface area contributed by atoms with Crippen molar-refractivity contribution in [2.24, 2.45) is 0 Å². The van der Waals surface area contributed by atoms with Crippen LogP contribution in [0, 0.1) is 0 Å². The number of fused-ring (bicyclic) bond motifs is 2. The van der Waals surface area contributed by atoms with Crippen LogP contribution in [-0.2, 0) is 14.2 Å². The number of nitrogens with one attached hydrogen (secondary N) is 1. The van der Waals surface area contributed by atoms with Crippen molar-refractivity contribution in [3.05, 3.63) is 58.6 Å². The van der Waals surface area contributed by atoms with Crippen LogP contribution in [0.15, 0.2) is 47.4 Å². The first kappa shape index (κ1) is 19.7. The Kier molecular flexibility index (Phi) is 5.22. The van der Waals surface area contributed by atoms with Crippen molar-refractivity contribution in [3.8, 4) is 0 Å². The van der Waals surface area contributed by atoms with Gasteiger partial charge in [0.1, 0.15) is 29.7 Å². The quantitative estimate of drug-likeness (QED) is 0.741. The summed E-state index contributed by atoms with van der Waals surface area (Å²) in [5, 5.41) is 13.3. The maximum absolute atomic E-state index is 12.6. The van der Waals surface area contributed by atoms with E-state index in [1.54, 1.807) is 31.4 Å². The van der Waals surface area contributed by atoms with Gasteiger partial charge in [-0.05, 0) is 24.6 Å². The highest BCUT2D eigenvalue weighted by Gasteiger charge is 2.66. The van der Waals surface area contributed by atoms with Crippen LogP contribution in [-0.4, -0.2) is 58.2 Å². The van der Waals surface area contributed by atoms with Crippen molar-refractivity contribution < 1.29 is 24.1 Å². The molecule has 3 heterocycles. The second-order valence-corrected chi connectivity index (χ2v) is 7.13. The van der Waals surface area contributed by atoms with E-state index in [0.717, 1.165) is 0 Å². The predicted octanol–water partition coefficient (Wildman–Crippen LogP) is 0.948. The maximum atomic E-state index is 12.6. The Morgan fingerprint density at radius 1 is 1.34 bits per heavy atom. The number of hydrogen-bond donors (Lipinski definition) is 2. The number of nitrogens with zero attached hydrogens (tertiary/aromatic N) is 2. The molecule has 2 bridgehead atoms. The second kappa shape index (κ2) is 7.68. The lowest BCUT2D eigenvalue weighted by atomic mass is 9.90. The van der Waals surface area contributed by atoms with E-state index in [1.807, 2.05) is 13.0 Å². The molecule has 154 valence electrons. The fourth-order valence-electron chi connectivity index (χ4n) is 4.03. The fraction of sp³-hybridized carbons (Fsp3) is 0.450. The molecular weight excluding hydrogens is 378 g/mol. The molecule has 29 heavy (non-hydrogen) atoms. The molecule has 9 heteroatoms. The zero-order valence-electron chi connectivity index (χ0n) is 16.1. The third-order valence-corrected chi connectivity index (χ3v) is 5.55. The summed E-state index contributed by atoms with van der Waals surface area (Å²) in [6.45, 7) is 2.18. The molecule has 2 saturated heterocycles. The molecule has 2 N–H and O–H groups in total. The second-order valence-electron chi connectivity index (χ2n) is 7.13. The topological polar surface area (TPSA) is 112 Å². The largest absolute Gasteiger partial charge is 0.387 e. The summed E-state index contributed by atoms with van der Waals surface area (Å²) in [6.07, 6.45) is -0.838. The Bertz CT molecular complexity index is 949. The first-order valence-corrected chi connectivity index (χ1v) is 9.46. The highest BCUT2D eigenvalue weighted by Crippen LogP contribution is 2.50. The van der Waals surface area contributed by atoms with E-state index in [1.165, 1.54) is 16.8 Å². The van der Waals surface area contributed by atoms with E-state index in [2.05, 4.69) is 10.3 Å². The SMILES string of the molecule is CC[C@]12O[C@@H](n3ccc(NC(=O)c4ccccc4)nc3=O)[C@H](O[C@H]1COC)[C@@H]2O. The smallest absolute Gasteiger partial charge is 0.351 e. The van der Waals surface area contributed by atoms with Crippen LogP contribution in [0.4, 0.5) is 5.82 Å². The van der Waals surface area contributed by atoms with E-state index < -0.39 is 35.8 Å². The highest BCUT2D eigenvalue weighted by atomic mass is 16.7. The molecule has 0 spiro atoms. The lowest BCUT2D eigenvalue weighted by molar-refractivity contribution is -0.223. The summed E-state index contributed by atoms with van der Waals surface area (Å²) in [5.41, 5.74) is -1.09. The number of aliphatic hydroxyl groups excluding tert-OH is 1. The molecule has 9 nitrogen and oxygen atoms in total. The van der Waals surface area contributed by atoms with Crippen molar-refractivity contribution >= 4 is 11.7 Å². The number of anilines is 1. The van der Waals surface area contributed by atoms with Crippen molar-refractivity contribution in [2.75, 3.05) is 19.0 Å². The lowest BCUT2D eigenvalue weighted by Gasteiger charge is -2.36. The molecule has 0 aliphatic carbocycles. The van der Waals surface area contributed by atoms with Gasteiger partial charge in [0.05, 0.1) is 6.61 Å². The van der Waals surface area contributed by atoms with Gasteiger partial charge in [-0.2, -0.15) is 4.98 Å². The predicted molar refractivity (Wildman–Crippen MR) is 103 cm³/mol. The minimum Gasteiger partial charge on any atom is -0.387 e. The van der Waals surface area contributed by atoms with Crippen molar-refractivity contribution in [1.82, 2.24) is 9.55 Å². The molecular formula is C20H23N3O6. The third-order valence-electron chi connectivity index (χ3n) is 5.55. The van der Waals surface area contributed by atoms with Gasteiger partial charge in [-0.3, -0.25) is 9.36 Å². The normalized spacial score (nSPS) is 30.4. The van der Waals surface area contributed by atoms with Gasteiger partial charge in [-0.15, -0.1) is 0 Å². The van der Waals surface area contributed by atoms with E-state index in [9.17, 15) is 14.7 Å². The minimum absolute atomic E-state index is 0.132. The number of ether oxygens (including phenoxy) is 3. The Morgan fingerprint density at radius 2 is 2.10 bits per heavy atom. The average molecular weight is 401 g/mol. The molecule has 0 saturated carbocycles. The molecule has 1 aromatic carbocycles. The monoisotopic (exact) mass is 401 g/mol. The molecule has 0 unspecified atom stereocenters. The number of hydrogen-bond acceptors (Lipinski definition) is 7. The Balaban J connectivity index is 1.54. The highest BCUT2D eigenvalue weighted by molar-refractivity contribution is 6.03.